The number of nitrogens with zero attached hydrogens (tertiary/aromatic N) is 2. The van der Waals surface area contributed by atoms with Crippen molar-refractivity contribution in [2.75, 3.05) is 13.7 Å². The fraction of sp³-hybridized carbons (Fsp3) is 0.467. The van der Waals surface area contributed by atoms with Crippen LogP contribution < -0.4 is 4.74 Å². The minimum absolute atomic E-state index is 0.436. The lowest BCUT2D eigenvalue weighted by molar-refractivity contribution is 0.0361. The molecule has 0 aromatic carbocycles. The van der Waals surface area contributed by atoms with Crippen LogP contribution in [0, 0.1) is 0 Å². The van der Waals surface area contributed by atoms with E-state index in [0.717, 1.165) is 0 Å². The highest BCUT2D eigenvalue weighted by Gasteiger charge is 2.24. The van der Waals surface area contributed by atoms with E-state index in [9.17, 15) is 4.79 Å². The van der Waals surface area contributed by atoms with Gasteiger partial charge in [-0.25, -0.2) is 9.78 Å². The number of aromatic nitrogens is 1. The Morgan fingerprint density at radius 1 is 1.40 bits per heavy atom. The quantitative estimate of drug-likeness (QED) is 0.847. The number of carbonyl (C=O) groups is 1. The van der Waals surface area contributed by atoms with Crippen LogP contribution in [0.4, 0.5) is 4.79 Å². The van der Waals surface area contributed by atoms with Crippen LogP contribution in [0.3, 0.4) is 0 Å². The number of methoxy groups -OCH3 is 1. The molecule has 1 heterocycles. The van der Waals surface area contributed by atoms with Crippen LogP contribution in [0.5, 0.6) is 5.88 Å². The van der Waals surface area contributed by atoms with E-state index in [1.165, 1.54) is 4.90 Å². The number of pyridine rings is 1. The van der Waals surface area contributed by atoms with Gasteiger partial charge in [-0.3, -0.25) is 4.90 Å². The van der Waals surface area contributed by atoms with Crippen molar-refractivity contribution in [1.82, 2.24) is 9.88 Å². The molecule has 20 heavy (non-hydrogen) atoms. The Morgan fingerprint density at radius 2 is 2.05 bits per heavy atom. The zero-order valence-electron chi connectivity index (χ0n) is 12.8. The Labute approximate surface area is 120 Å². The van der Waals surface area contributed by atoms with Crippen LogP contribution in [-0.2, 0) is 4.74 Å². The minimum atomic E-state index is -0.549. The maximum absolute atomic E-state index is 12.1. The summed E-state index contributed by atoms with van der Waals surface area (Å²) in [5.41, 5.74) is 0.518. The molecule has 0 spiro atoms. The van der Waals surface area contributed by atoms with E-state index >= 15 is 0 Å². The summed E-state index contributed by atoms with van der Waals surface area (Å²) in [5, 5.41) is 0. The van der Waals surface area contributed by atoms with Crippen molar-refractivity contribution in [3.05, 3.63) is 30.5 Å². The number of hydrogen-bond acceptors (Lipinski definition) is 4. The van der Waals surface area contributed by atoms with Gasteiger partial charge in [0.05, 0.1) is 18.5 Å². The van der Waals surface area contributed by atoms with Crippen molar-refractivity contribution >= 4 is 11.8 Å². The molecule has 0 aliphatic heterocycles. The molecule has 0 fully saturated rings. The van der Waals surface area contributed by atoms with Gasteiger partial charge in [-0.1, -0.05) is 12.6 Å². The van der Waals surface area contributed by atoms with Crippen molar-refractivity contribution in [2.45, 2.75) is 33.3 Å². The Bertz CT molecular complexity index is 492. The standard InChI is InChI=1S/C15H22N2O3/c1-7-17(14(18)20-15(3,4)5)11(2)12-9-8-10-13(16-12)19-6/h8-10H,2,7H2,1,3-6H3. The highest BCUT2D eigenvalue weighted by molar-refractivity contribution is 5.80. The topological polar surface area (TPSA) is 51.7 Å². The van der Waals surface area contributed by atoms with Crippen molar-refractivity contribution in [3.8, 4) is 5.88 Å². The molecule has 0 unspecified atom stereocenters. The largest absolute Gasteiger partial charge is 0.481 e. The molecule has 0 saturated carbocycles. The van der Waals surface area contributed by atoms with Gasteiger partial charge >= 0.3 is 6.09 Å². The molecule has 1 aromatic heterocycles. The smallest absolute Gasteiger partial charge is 0.414 e. The summed E-state index contributed by atoms with van der Waals surface area (Å²) < 4.78 is 10.4. The molecule has 0 aliphatic rings. The van der Waals surface area contributed by atoms with E-state index in [0.29, 0.717) is 23.8 Å². The molecule has 0 aliphatic carbocycles. The number of rotatable bonds is 4. The Morgan fingerprint density at radius 3 is 2.55 bits per heavy atom. The van der Waals surface area contributed by atoms with E-state index in [-0.39, 0.29) is 0 Å². The second-order valence-electron chi connectivity index (χ2n) is 5.24. The van der Waals surface area contributed by atoms with Crippen LogP contribution in [0.25, 0.3) is 5.70 Å². The van der Waals surface area contributed by atoms with Gasteiger partial charge in [-0.2, -0.15) is 0 Å². The third-order valence-electron chi connectivity index (χ3n) is 2.48. The van der Waals surface area contributed by atoms with Crippen LogP contribution in [-0.4, -0.2) is 35.2 Å². The minimum Gasteiger partial charge on any atom is -0.481 e. The van der Waals surface area contributed by atoms with Crippen LogP contribution in [0.1, 0.15) is 33.4 Å². The summed E-state index contributed by atoms with van der Waals surface area (Å²) in [6.45, 7) is 11.7. The molecule has 1 aromatic rings. The summed E-state index contributed by atoms with van der Waals surface area (Å²) in [5.74, 6) is 0.476. The van der Waals surface area contributed by atoms with Crippen molar-refractivity contribution < 1.29 is 14.3 Å². The average Bonchev–Trinajstić information content (AvgIpc) is 2.37. The first kappa shape index (κ1) is 16.0. The van der Waals surface area contributed by atoms with E-state index < -0.39 is 11.7 Å². The average molecular weight is 278 g/mol. The van der Waals surface area contributed by atoms with Gasteiger partial charge in [0.1, 0.15) is 5.60 Å². The molecule has 1 amide bonds. The molecular weight excluding hydrogens is 256 g/mol. The first-order valence-electron chi connectivity index (χ1n) is 6.49. The van der Waals surface area contributed by atoms with Crippen molar-refractivity contribution in [3.63, 3.8) is 0 Å². The predicted octanol–water partition coefficient (Wildman–Crippen LogP) is 3.32. The zero-order chi connectivity index (χ0) is 15.3. The molecule has 0 N–H and O–H groups in total. The third-order valence-corrected chi connectivity index (χ3v) is 2.48. The molecule has 0 atom stereocenters. The number of hydrogen-bond donors (Lipinski definition) is 0. The molecule has 0 radical (unpaired) electrons. The fourth-order valence-electron chi connectivity index (χ4n) is 1.57. The SMILES string of the molecule is C=C(c1cccc(OC)n1)N(CC)C(=O)OC(C)(C)C. The van der Waals surface area contributed by atoms with Gasteiger partial charge < -0.3 is 9.47 Å². The molecule has 110 valence electrons. The summed E-state index contributed by atoms with van der Waals surface area (Å²) >= 11 is 0. The number of carbonyl (C=O) groups excluding carboxylic acids is 1. The van der Waals surface area contributed by atoms with Gasteiger partial charge in [0.15, 0.2) is 0 Å². The fourth-order valence-corrected chi connectivity index (χ4v) is 1.57. The Balaban J connectivity index is 2.94. The number of ether oxygens (including phenoxy) is 2. The van der Waals surface area contributed by atoms with Gasteiger partial charge in [-0.15, -0.1) is 0 Å². The zero-order valence-corrected chi connectivity index (χ0v) is 12.8. The first-order valence-corrected chi connectivity index (χ1v) is 6.49. The van der Waals surface area contributed by atoms with Crippen LogP contribution in [0.15, 0.2) is 24.8 Å². The lowest BCUT2D eigenvalue weighted by atomic mass is 10.2. The van der Waals surface area contributed by atoms with Crippen molar-refractivity contribution in [2.24, 2.45) is 0 Å². The predicted molar refractivity (Wildman–Crippen MR) is 78.4 cm³/mol. The highest BCUT2D eigenvalue weighted by atomic mass is 16.6. The lowest BCUT2D eigenvalue weighted by Gasteiger charge is -2.27. The summed E-state index contributed by atoms with van der Waals surface area (Å²) in [6, 6.07) is 5.31. The Kier molecular flexibility index (Phi) is 5.13. The maximum atomic E-state index is 12.1. The van der Waals surface area contributed by atoms with Gasteiger partial charge in [0, 0.05) is 12.6 Å². The lowest BCUT2D eigenvalue weighted by Crippen LogP contribution is -2.35. The molecular formula is C15H22N2O3. The highest BCUT2D eigenvalue weighted by Crippen LogP contribution is 2.20. The summed E-state index contributed by atoms with van der Waals surface area (Å²) in [4.78, 5) is 17.9. The van der Waals surface area contributed by atoms with E-state index in [4.69, 9.17) is 9.47 Å². The molecule has 1 rings (SSSR count). The second kappa shape index (κ2) is 6.41. The van der Waals surface area contributed by atoms with Gasteiger partial charge in [0.2, 0.25) is 5.88 Å². The first-order chi connectivity index (χ1) is 9.28. The van der Waals surface area contributed by atoms with Crippen LogP contribution in [0.2, 0.25) is 0 Å². The molecule has 0 saturated heterocycles. The monoisotopic (exact) mass is 278 g/mol. The summed E-state index contributed by atoms with van der Waals surface area (Å²) in [6.07, 6.45) is -0.436. The molecule has 5 heteroatoms. The van der Waals surface area contributed by atoms with E-state index in [2.05, 4.69) is 11.6 Å². The van der Waals surface area contributed by atoms with E-state index in [1.807, 2.05) is 27.7 Å². The normalized spacial score (nSPS) is 10.8. The van der Waals surface area contributed by atoms with Gasteiger partial charge in [-0.05, 0) is 33.8 Å². The van der Waals surface area contributed by atoms with Crippen LogP contribution >= 0.6 is 0 Å². The van der Waals surface area contributed by atoms with Crippen molar-refractivity contribution in [1.29, 1.82) is 0 Å². The third kappa shape index (κ3) is 4.26. The molecule has 5 nitrogen and oxygen atoms in total. The number of amides is 1. The van der Waals surface area contributed by atoms with Gasteiger partial charge in [0.25, 0.3) is 0 Å². The Hall–Kier alpha value is -2.04. The summed E-state index contributed by atoms with van der Waals surface area (Å²) in [7, 11) is 1.54. The maximum Gasteiger partial charge on any atom is 0.414 e. The second-order valence-corrected chi connectivity index (χ2v) is 5.24. The van der Waals surface area contributed by atoms with E-state index in [1.54, 1.807) is 25.3 Å². The molecule has 0 bridgehead atoms.